The maximum atomic E-state index is 5.65. The van der Waals surface area contributed by atoms with Gasteiger partial charge >= 0.3 is 0 Å². The lowest BCUT2D eigenvalue weighted by molar-refractivity contribution is 0.121. The Bertz CT molecular complexity index is 465. The topological polar surface area (TPSA) is 48.1 Å². The predicted molar refractivity (Wildman–Crippen MR) is 71.9 cm³/mol. The average Bonchev–Trinajstić information content (AvgIpc) is 2.79. The summed E-state index contributed by atoms with van der Waals surface area (Å²) < 4.78 is 5.47. The van der Waals surface area contributed by atoms with Gasteiger partial charge in [-0.15, -0.1) is 11.3 Å². The van der Waals surface area contributed by atoms with Crippen LogP contribution in [0.5, 0.6) is 0 Å². The van der Waals surface area contributed by atoms with Crippen molar-refractivity contribution in [3.63, 3.8) is 0 Å². The van der Waals surface area contributed by atoms with Gasteiger partial charge < -0.3 is 10.5 Å². The first-order valence-electron chi connectivity index (χ1n) is 5.67. The largest absolute Gasteiger partial charge is 0.399 e. The Balaban J connectivity index is 2.04. The van der Waals surface area contributed by atoms with Crippen molar-refractivity contribution in [3.8, 4) is 11.3 Å². The molecule has 0 bridgehead atoms. The van der Waals surface area contributed by atoms with Crippen LogP contribution in [0, 0.1) is 0 Å². The van der Waals surface area contributed by atoms with E-state index in [4.69, 9.17) is 10.5 Å². The van der Waals surface area contributed by atoms with Gasteiger partial charge in [0.1, 0.15) is 5.01 Å². The van der Waals surface area contributed by atoms with Crippen molar-refractivity contribution in [2.24, 2.45) is 0 Å². The van der Waals surface area contributed by atoms with E-state index in [0.717, 1.165) is 35.0 Å². The molecule has 0 saturated carbocycles. The molecule has 0 unspecified atom stereocenters. The van der Waals surface area contributed by atoms with Crippen molar-refractivity contribution < 1.29 is 4.74 Å². The average molecular weight is 248 g/mol. The third-order valence-electron chi connectivity index (χ3n) is 2.33. The number of hydrogen-bond donors (Lipinski definition) is 1. The van der Waals surface area contributed by atoms with E-state index in [-0.39, 0.29) is 0 Å². The van der Waals surface area contributed by atoms with E-state index in [1.807, 2.05) is 24.3 Å². The van der Waals surface area contributed by atoms with Gasteiger partial charge in [-0.3, -0.25) is 0 Å². The van der Waals surface area contributed by atoms with Crippen molar-refractivity contribution in [1.29, 1.82) is 0 Å². The quantitative estimate of drug-likeness (QED) is 0.652. The van der Waals surface area contributed by atoms with Gasteiger partial charge in [0.05, 0.1) is 12.3 Å². The fourth-order valence-corrected chi connectivity index (χ4v) is 2.21. The highest BCUT2D eigenvalue weighted by molar-refractivity contribution is 7.09. The molecule has 0 aliphatic heterocycles. The smallest absolute Gasteiger partial charge is 0.119 e. The van der Waals surface area contributed by atoms with Crippen LogP contribution in [0.4, 0.5) is 5.69 Å². The SMILES string of the molecule is CCCOCc1nc(-c2ccc(N)cc2)cs1. The highest BCUT2D eigenvalue weighted by atomic mass is 32.1. The van der Waals surface area contributed by atoms with Crippen LogP contribution in [0.2, 0.25) is 0 Å². The molecule has 2 rings (SSSR count). The van der Waals surface area contributed by atoms with Crippen LogP contribution in [0.3, 0.4) is 0 Å². The molecular formula is C13H16N2OS. The molecule has 0 radical (unpaired) electrons. The third-order valence-corrected chi connectivity index (χ3v) is 3.15. The van der Waals surface area contributed by atoms with Crippen LogP contribution in [0.25, 0.3) is 11.3 Å². The minimum atomic E-state index is 0.605. The Kier molecular flexibility index (Phi) is 4.12. The lowest BCUT2D eigenvalue weighted by atomic mass is 10.1. The molecule has 3 nitrogen and oxygen atoms in total. The second-order valence-electron chi connectivity index (χ2n) is 3.80. The maximum absolute atomic E-state index is 5.65. The summed E-state index contributed by atoms with van der Waals surface area (Å²) in [6.07, 6.45) is 1.04. The van der Waals surface area contributed by atoms with Gasteiger partial charge in [-0.05, 0) is 18.6 Å². The van der Waals surface area contributed by atoms with E-state index in [2.05, 4.69) is 17.3 Å². The molecule has 1 aromatic carbocycles. The Hall–Kier alpha value is -1.39. The number of thiazole rings is 1. The number of nitrogens with zero attached hydrogens (tertiary/aromatic N) is 1. The van der Waals surface area contributed by atoms with E-state index in [9.17, 15) is 0 Å². The summed E-state index contributed by atoms with van der Waals surface area (Å²) in [5.41, 5.74) is 8.51. The van der Waals surface area contributed by atoms with Crippen LogP contribution in [0.1, 0.15) is 18.4 Å². The molecule has 17 heavy (non-hydrogen) atoms. The maximum Gasteiger partial charge on any atom is 0.119 e. The summed E-state index contributed by atoms with van der Waals surface area (Å²) >= 11 is 1.63. The molecule has 0 saturated heterocycles. The second-order valence-corrected chi connectivity index (χ2v) is 4.74. The molecule has 0 fully saturated rings. The van der Waals surface area contributed by atoms with Crippen molar-refractivity contribution in [2.75, 3.05) is 12.3 Å². The van der Waals surface area contributed by atoms with Gasteiger partial charge in [0.25, 0.3) is 0 Å². The van der Waals surface area contributed by atoms with Crippen molar-refractivity contribution >= 4 is 17.0 Å². The summed E-state index contributed by atoms with van der Waals surface area (Å²) in [5, 5.41) is 3.07. The number of hydrogen-bond acceptors (Lipinski definition) is 4. The zero-order chi connectivity index (χ0) is 12.1. The molecule has 2 aromatic rings. The van der Waals surface area contributed by atoms with E-state index in [1.54, 1.807) is 11.3 Å². The van der Waals surface area contributed by atoms with Gasteiger partial charge in [-0.2, -0.15) is 0 Å². The molecule has 0 atom stereocenters. The first-order chi connectivity index (χ1) is 8.29. The van der Waals surface area contributed by atoms with Gasteiger partial charge in [0.15, 0.2) is 0 Å². The molecule has 0 aliphatic rings. The van der Waals surface area contributed by atoms with Crippen molar-refractivity contribution in [1.82, 2.24) is 4.98 Å². The number of anilines is 1. The van der Waals surface area contributed by atoms with E-state index in [0.29, 0.717) is 6.61 Å². The van der Waals surface area contributed by atoms with Gasteiger partial charge in [-0.25, -0.2) is 4.98 Å². The number of rotatable bonds is 5. The van der Waals surface area contributed by atoms with E-state index in [1.165, 1.54) is 0 Å². The summed E-state index contributed by atoms with van der Waals surface area (Å²) in [6.45, 7) is 3.49. The molecular weight excluding hydrogens is 232 g/mol. The monoisotopic (exact) mass is 248 g/mol. The summed E-state index contributed by atoms with van der Waals surface area (Å²) in [6, 6.07) is 7.76. The number of ether oxygens (including phenoxy) is 1. The minimum absolute atomic E-state index is 0.605. The zero-order valence-electron chi connectivity index (χ0n) is 9.85. The van der Waals surface area contributed by atoms with Crippen LogP contribution in [-0.2, 0) is 11.3 Å². The fraction of sp³-hybridized carbons (Fsp3) is 0.308. The number of nitrogens with two attached hydrogens (primary N) is 1. The van der Waals surface area contributed by atoms with Crippen LogP contribution < -0.4 is 5.73 Å². The van der Waals surface area contributed by atoms with Gasteiger partial charge in [0, 0.05) is 23.2 Å². The molecule has 2 N–H and O–H groups in total. The Labute approximate surface area is 105 Å². The first-order valence-corrected chi connectivity index (χ1v) is 6.55. The number of nitrogen functional groups attached to an aromatic ring is 1. The van der Waals surface area contributed by atoms with Crippen molar-refractivity contribution in [3.05, 3.63) is 34.7 Å². The van der Waals surface area contributed by atoms with Crippen LogP contribution in [0.15, 0.2) is 29.6 Å². The van der Waals surface area contributed by atoms with E-state index >= 15 is 0 Å². The van der Waals surface area contributed by atoms with Gasteiger partial charge in [-0.1, -0.05) is 19.1 Å². The van der Waals surface area contributed by atoms with Crippen molar-refractivity contribution in [2.45, 2.75) is 20.0 Å². The second kappa shape index (κ2) is 5.80. The molecule has 1 heterocycles. The highest BCUT2D eigenvalue weighted by Gasteiger charge is 2.04. The Morgan fingerprint density at radius 2 is 2.06 bits per heavy atom. The molecule has 1 aromatic heterocycles. The van der Waals surface area contributed by atoms with E-state index < -0.39 is 0 Å². The molecule has 0 spiro atoms. The van der Waals surface area contributed by atoms with Gasteiger partial charge in [0.2, 0.25) is 0 Å². The normalized spacial score (nSPS) is 10.6. The highest BCUT2D eigenvalue weighted by Crippen LogP contribution is 2.23. The number of aromatic nitrogens is 1. The molecule has 4 heteroatoms. The van der Waals surface area contributed by atoms with Crippen LogP contribution >= 0.6 is 11.3 Å². The lowest BCUT2D eigenvalue weighted by Crippen LogP contribution is -1.93. The zero-order valence-corrected chi connectivity index (χ0v) is 10.7. The summed E-state index contributed by atoms with van der Waals surface area (Å²) in [7, 11) is 0. The lowest BCUT2D eigenvalue weighted by Gasteiger charge is -1.98. The Morgan fingerprint density at radius 1 is 1.29 bits per heavy atom. The molecule has 90 valence electrons. The predicted octanol–water partition coefficient (Wildman–Crippen LogP) is 3.32. The summed E-state index contributed by atoms with van der Waals surface area (Å²) in [5.74, 6) is 0. The summed E-state index contributed by atoms with van der Waals surface area (Å²) in [4.78, 5) is 4.53. The molecule has 0 amide bonds. The van der Waals surface area contributed by atoms with Crippen LogP contribution in [-0.4, -0.2) is 11.6 Å². The fourth-order valence-electron chi connectivity index (χ4n) is 1.47. The standard InChI is InChI=1S/C13H16N2OS/c1-2-7-16-8-13-15-12(9-17-13)10-3-5-11(14)6-4-10/h3-6,9H,2,7-8,14H2,1H3. The first kappa shape index (κ1) is 12.1. The Morgan fingerprint density at radius 3 is 2.76 bits per heavy atom. The number of benzene rings is 1. The molecule has 0 aliphatic carbocycles. The third kappa shape index (κ3) is 3.28. The minimum Gasteiger partial charge on any atom is -0.399 e.